The van der Waals surface area contributed by atoms with Crippen molar-refractivity contribution in [2.75, 3.05) is 17.2 Å². The molecule has 158 valence electrons. The van der Waals surface area contributed by atoms with Gasteiger partial charge >= 0.3 is 0 Å². The van der Waals surface area contributed by atoms with Crippen molar-refractivity contribution in [1.82, 2.24) is 9.97 Å². The van der Waals surface area contributed by atoms with E-state index in [1.807, 2.05) is 59.3 Å². The zero-order chi connectivity index (χ0) is 21.6. The summed E-state index contributed by atoms with van der Waals surface area (Å²) in [6, 6.07) is 17.4. The summed E-state index contributed by atoms with van der Waals surface area (Å²) in [4.78, 5) is 36.2. The van der Waals surface area contributed by atoms with Gasteiger partial charge in [-0.3, -0.25) is 9.59 Å². The Bertz CT molecular complexity index is 1090. The van der Waals surface area contributed by atoms with Gasteiger partial charge in [-0.2, -0.15) is 0 Å². The SMILES string of the molecule is NC(=O)CCN(C(=O)CSc1nc(-c2cccs2)c(-c2cccs2)[nH]1)c1ccccc1. The summed E-state index contributed by atoms with van der Waals surface area (Å²) in [6.45, 7) is 0.248. The number of anilines is 1. The fraction of sp³-hybridized carbons (Fsp3) is 0.136. The Balaban J connectivity index is 1.53. The normalized spacial score (nSPS) is 10.8. The molecule has 0 saturated carbocycles. The summed E-state index contributed by atoms with van der Waals surface area (Å²) < 4.78 is 0. The maximum absolute atomic E-state index is 13.0. The molecule has 0 saturated heterocycles. The van der Waals surface area contributed by atoms with E-state index in [4.69, 9.17) is 10.7 Å². The predicted octanol–water partition coefficient (Wildman–Crippen LogP) is 4.87. The van der Waals surface area contributed by atoms with E-state index in [1.165, 1.54) is 11.8 Å². The van der Waals surface area contributed by atoms with Crippen molar-refractivity contribution < 1.29 is 9.59 Å². The van der Waals surface area contributed by atoms with E-state index in [9.17, 15) is 9.59 Å². The number of thioether (sulfide) groups is 1. The second-order valence-corrected chi connectivity index (χ2v) is 9.47. The van der Waals surface area contributed by atoms with Gasteiger partial charge in [0, 0.05) is 18.7 Å². The zero-order valence-electron chi connectivity index (χ0n) is 16.5. The first-order valence-corrected chi connectivity index (χ1v) is 12.3. The molecule has 0 atom stereocenters. The Labute approximate surface area is 192 Å². The molecule has 0 spiro atoms. The Hall–Kier alpha value is -2.88. The van der Waals surface area contributed by atoms with Gasteiger partial charge < -0.3 is 15.6 Å². The van der Waals surface area contributed by atoms with Gasteiger partial charge in [-0.25, -0.2) is 4.98 Å². The standard InChI is InChI=1S/C22H20N4O2S3/c23-18(27)10-11-26(15-6-2-1-3-7-15)19(28)14-31-22-24-20(16-8-4-12-29-16)21(25-22)17-9-5-13-30-17/h1-9,12-13H,10-11,14H2,(H2,23,27)(H,24,25). The van der Waals surface area contributed by atoms with E-state index in [-0.39, 0.29) is 24.6 Å². The third-order valence-electron chi connectivity index (χ3n) is 4.49. The first-order valence-electron chi connectivity index (χ1n) is 9.56. The van der Waals surface area contributed by atoms with Crippen molar-refractivity contribution in [2.45, 2.75) is 11.6 Å². The van der Waals surface area contributed by atoms with E-state index in [0.717, 1.165) is 26.8 Å². The molecule has 0 aliphatic carbocycles. The van der Waals surface area contributed by atoms with Crippen LogP contribution in [0.1, 0.15) is 6.42 Å². The van der Waals surface area contributed by atoms with Crippen molar-refractivity contribution in [3.05, 3.63) is 65.4 Å². The largest absolute Gasteiger partial charge is 0.370 e. The zero-order valence-corrected chi connectivity index (χ0v) is 18.9. The fourth-order valence-corrected chi connectivity index (χ4v) is 5.24. The number of aromatic amines is 1. The highest BCUT2D eigenvalue weighted by Gasteiger charge is 2.20. The lowest BCUT2D eigenvalue weighted by Gasteiger charge is -2.22. The molecule has 6 nitrogen and oxygen atoms in total. The minimum atomic E-state index is -0.436. The number of primary amides is 1. The molecular weight excluding hydrogens is 448 g/mol. The number of nitrogens with zero attached hydrogens (tertiary/aromatic N) is 2. The van der Waals surface area contributed by atoms with Gasteiger partial charge in [0.25, 0.3) is 0 Å². The van der Waals surface area contributed by atoms with Gasteiger partial charge in [-0.1, -0.05) is 42.1 Å². The van der Waals surface area contributed by atoms with E-state index < -0.39 is 5.91 Å². The molecule has 3 aromatic heterocycles. The predicted molar refractivity (Wildman–Crippen MR) is 129 cm³/mol. The van der Waals surface area contributed by atoms with Crippen molar-refractivity contribution in [2.24, 2.45) is 5.73 Å². The number of carbonyl (C=O) groups excluding carboxylic acids is 2. The van der Waals surface area contributed by atoms with Crippen molar-refractivity contribution in [3.63, 3.8) is 0 Å². The van der Waals surface area contributed by atoms with Crippen LogP contribution in [-0.2, 0) is 9.59 Å². The maximum atomic E-state index is 13.0. The summed E-state index contributed by atoms with van der Waals surface area (Å²) in [5.41, 5.74) is 7.89. The van der Waals surface area contributed by atoms with E-state index in [1.54, 1.807) is 27.6 Å². The first kappa shape index (κ1) is 21.4. The molecule has 3 N–H and O–H groups in total. The lowest BCUT2D eigenvalue weighted by atomic mass is 10.2. The van der Waals surface area contributed by atoms with Crippen LogP contribution in [0.15, 0.2) is 70.5 Å². The van der Waals surface area contributed by atoms with Crippen LogP contribution in [0.5, 0.6) is 0 Å². The number of nitrogens with two attached hydrogens (primary N) is 1. The number of hydrogen-bond donors (Lipinski definition) is 2. The van der Waals surface area contributed by atoms with E-state index in [0.29, 0.717) is 5.16 Å². The number of carbonyl (C=O) groups is 2. The van der Waals surface area contributed by atoms with Crippen LogP contribution in [-0.4, -0.2) is 34.1 Å². The Morgan fingerprint density at radius 3 is 2.35 bits per heavy atom. The van der Waals surface area contributed by atoms with Crippen LogP contribution in [0.4, 0.5) is 5.69 Å². The number of benzene rings is 1. The summed E-state index contributed by atoms with van der Waals surface area (Å²) >= 11 is 4.62. The van der Waals surface area contributed by atoms with Crippen LogP contribution in [0.3, 0.4) is 0 Å². The molecule has 9 heteroatoms. The van der Waals surface area contributed by atoms with Crippen molar-refractivity contribution >= 4 is 51.9 Å². The smallest absolute Gasteiger partial charge is 0.237 e. The van der Waals surface area contributed by atoms with Crippen LogP contribution >= 0.6 is 34.4 Å². The molecule has 0 radical (unpaired) electrons. The average molecular weight is 469 g/mol. The molecule has 2 amide bonds. The quantitative estimate of drug-likeness (QED) is 0.343. The fourth-order valence-electron chi connectivity index (χ4n) is 3.05. The number of imidazole rings is 1. The second-order valence-electron chi connectivity index (χ2n) is 6.61. The third-order valence-corrected chi connectivity index (χ3v) is 7.11. The van der Waals surface area contributed by atoms with Gasteiger partial charge in [0.2, 0.25) is 11.8 Å². The molecule has 0 aliphatic heterocycles. The number of amides is 2. The molecule has 3 heterocycles. The Morgan fingerprint density at radius 2 is 1.71 bits per heavy atom. The Morgan fingerprint density at radius 1 is 1.00 bits per heavy atom. The lowest BCUT2D eigenvalue weighted by molar-refractivity contribution is -0.118. The summed E-state index contributed by atoms with van der Waals surface area (Å²) in [7, 11) is 0. The lowest BCUT2D eigenvalue weighted by Crippen LogP contribution is -2.35. The summed E-state index contributed by atoms with van der Waals surface area (Å²) in [5.74, 6) is -0.354. The number of rotatable bonds is 9. The first-order chi connectivity index (χ1) is 15.1. The molecule has 4 rings (SSSR count). The van der Waals surface area contributed by atoms with Gasteiger partial charge in [-0.05, 0) is 35.0 Å². The number of para-hydroxylation sites is 1. The average Bonchev–Trinajstić information content (AvgIpc) is 3.54. The highest BCUT2D eigenvalue weighted by Crippen LogP contribution is 2.36. The topological polar surface area (TPSA) is 92.1 Å². The van der Waals surface area contributed by atoms with Crippen molar-refractivity contribution in [3.8, 4) is 21.1 Å². The van der Waals surface area contributed by atoms with Crippen LogP contribution in [0.2, 0.25) is 0 Å². The number of thiophene rings is 2. The summed E-state index contributed by atoms with van der Waals surface area (Å²) in [5, 5.41) is 4.74. The molecule has 0 fully saturated rings. The highest BCUT2D eigenvalue weighted by molar-refractivity contribution is 7.99. The summed E-state index contributed by atoms with van der Waals surface area (Å²) in [6.07, 6.45) is 0.108. The van der Waals surface area contributed by atoms with Crippen molar-refractivity contribution in [1.29, 1.82) is 0 Å². The van der Waals surface area contributed by atoms with Gasteiger partial charge in [0.15, 0.2) is 5.16 Å². The van der Waals surface area contributed by atoms with Gasteiger partial charge in [-0.15, -0.1) is 22.7 Å². The molecule has 0 bridgehead atoms. The van der Waals surface area contributed by atoms with E-state index >= 15 is 0 Å². The number of aromatic nitrogens is 2. The van der Waals surface area contributed by atoms with Gasteiger partial charge in [0.05, 0.1) is 21.2 Å². The molecule has 4 aromatic rings. The second kappa shape index (κ2) is 9.95. The number of hydrogen-bond acceptors (Lipinski definition) is 6. The minimum Gasteiger partial charge on any atom is -0.370 e. The highest BCUT2D eigenvalue weighted by atomic mass is 32.2. The Kier molecular flexibility index (Phi) is 6.86. The van der Waals surface area contributed by atoms with Gasteiger partial charge in [0.1, 0.15) is 5.69 Å². The molecule has 0 unspecified atom stereocenters. The van der Waals surface area contributed by atoms with Crippen LogP contribution in [0.25, 0.3) is 21.1 Å². The number of H-pyrrole nitrogens is 1. The maximum Gasteiger partial charge on any atom is 0.237 e. The molecular formula is C22H20N4O2S3. The van der Waals surface area contributed by atoms with Crippen LogP contribution in [0, 0.1) is 0 Å². The monoisotopic (exact) mass is 468 g/mol. The minimum absolute atomic E-state index is 0.107. The molecule has 31 heavy (non-hydrogen) atoms. The molecule has 1 aromatic carbocycles. The molecule has 0 aliphatic rings. The van der Waals surface area contributed by atoms with E-state index in [2.05, 4.69) is 11.1 Å². The van der Waals surface area contributed by atoms with Crippen LogP contribution < -0.4 is 10.6 Å². The third kappa shape index (κ3) is 5.25. The number of nitrogens with one attached hydrogen (secondary N) is 1.